The van der Waals surface area contributed by atoms with Gasteiger partial charge in [-0.15, -0.1) is 20.4 Å². The van der Waals surface area contributed by atoms with Crippen molar-refractivity contribution in [2.45, 2.75) is 78.7 Å². The monoisotopic (exact) mass is 826 g/mol. The molecular weight excluding hydrogens is 783 g/mol. The van der Waals surface area contributed by atoms with Gasteiger partial charge in [0.15, 0.2) is 10.3 Å². The van der Waals surface area contributed by atoms with Crippen molar-refractivity contribution in [3.8, 4) is 45.0 Å². The lowest BCUT2D eigenvalue weighted by atomic mass is 9.98. The third-order valence-electron chi connectivity index (χ3n) is 10.4. The molecule has 4 heterocycles. The molecule has 13 nitrogen and oxygen atoms in total. The summed E-state index contributed by atoms with van der Waals surface area (Å²) in [6, 6.07) is 33.1. The van der Waals surface area contributed by atoms with Gasteiger partial charge in [0.1, 0.15) is 11.6 Å². The Balaban J connectivity index is 1.01. The number of hydrogen-bond acceptors (Lipinski definition) is 9. The van der Waals surface area contributed by atoms with Crippen LogP contribution in [0, 0.1) is 0 Å². The fourth-order valence-corrected chi connectivity index (χ4v) is 7.82. The van der Waals surface area contributed by atoms with Crippen LogP contribution in [-0.2, 0) is 43.9 Å². The number of halogens is 2. The van der Waals surface area contributed by atoms with Crippen LogP contribution < -0.4 is 0 Å². The minimum atomic E-state index is 0.258. The van der Waals surface area contributed by atoms with Crippen LogP contribution in [0.2, 0.25) is 10.3 Å². The number of ether oxygens (including phenoxy) is 1. The van der Waals surface area contributed by atoms with Crippen LogP contribution in [0.15, 0.2) is 97.1 Å². The van der Waals surface area contributed by atoms with Crippen LogP contribution in [0.5, 0.6) is 0 Å². The normalized spacial score (nSPS) is 11.5. The van der Waals surface area contributed by atoms with E-state index in [0.29, 0.717) is 35.0 Å². The van der Waals surface area contributed by atoms with Crippen molar-refractivity contribution in [2.24, 2.45) is 0 Å². The zero-order chi connectivity index (χ0) is 40.6. The van der Waals surface area contributed by atoms with Crippen molar-refractivity contribution < 1.29 is 4.74 Å². The van der Waals surface area contributed by atoms with Crippen LogP contribution in [0.25, 0.3) is 45.0 Å². The first kappa shape index (κ1) is 39.8. The average molecular weight is 828 g/mol. The second-order valence-corrected chi connectivity index (χ2v) is 15.1. The highest BCUT2D eigenvalue weighted by molar-refractivity contribution is 6.30. The number of nitrogens with one attached hydrogen (secondary N) is 2. The highest BCUT2D eigenvalue weighted by Gasteiger charge is 2.20. The van der Waals surface area contributed by atoms with Crippen molar-refractivity contribution >= 4 is 23.2 Å². The van der Waals surface area contributed by atoms with Gasteiger partial charge in [0, 0.05) is 37.1 Å². The van der Waals surface area contributed by atoms with E-state index in [1.807, 2.05) is 36.4 Å². The Bertz CT molecular complexity index is 2400. The van der Waals surface area contributed by atoms with Crippen molar-refractivity contribution in [1.82, 2.24) is 60.4 Å². The lowest BCUT2D eigenvalue weighted by Gasteiger charge is -2.15. The summed E-state index contributed by atoms with van der Waals surface area (Å²) in [4.78, 5) is 9.65. The molecule has 0 atom stereocenters. The summed E-state index contributed by atoms with van der Waals surface area (Å²) in [6.45, 7) is 6.07. The molecule has 0 aliphatic rings. The molecule has 0 spiro atoms. The maximum absolute atomic E-state index is 6.89. The number of aromatic nitrogens is 12. The summed E-state index contributed by atoms with van der Waals surface area (Å²) in [7, 11) is 0. The molecule has 59 heavy (non-hydrogen) atoms. The Hall–Kier alpha value is -6.02. The molecule has 300 valence electrons. The second kappa shape index (κ2) is 18.7. The van der Waals surface area contributed by atoms with Crippen molar-refractivity contribution in [2.75, 3.05) is 0 Å². The predicted octanol–water partition coefficient (Wildman–Crippen LogP) is 9.58. The largest absolute Gasteiger partial charge is 0.369 e. The molecule has 0 bridgehead atoms. The maximum Gasteiger partial charge on any atom is 0.205 e. The second-order valence-electron chi connectivity index (χ2n) is 14.4. The van der Waals surface area contributed by atoms with E-state index in [9.17, 15) is 0 Å². The van der Waals surface area contributed by atoms with E-state index in [-0.39, 0.29) is 13.2 Å². The zero-order valence-corrected chi connectivity index (χ0v) is 34.5. The van der Waals surface area contributed by atoms with Crippen LogP contribution in [-0.4, -0.2) is 60.4 Å². The average Bonchev–Trinajstić information content (AvgIpc) is 4.10. The van der Waals surface area contributed by atoms with Gasteiger partial charge in [-0.3, -0.25) is 0 Å². The van der Waals surface area contributed by atoms with Crippen molar-refractivity contribution in [1.29, 1.82) is 0 Å². The van der Waals surface area contributed by atoms with Crippen LogP contribution in [0.4, 0.5) is 0 Å². The summed E-state index contributed by atoms with van der Waals surface area (Å²) in [5.41, 5.74) is 9.88. The van der Waals surface area contributed by atoms with Crippen LogP contribution in [0.3, 0.4) is 0 Å². The number of tetrazole rings is 2. The predicted molar refractivity (Wildman–Crippen MR) is 228 cm³/mol. The highest BCUT2D eigenvalue weighted by atomic mass is 35.5. The number of aromatic amines is 2. The van der Waals surface area contributed by atoms with E-state index in [1.165, 1.54) is 0 Å². The van der Waals surface area contributed by atoms with Gasteiger partial charge in [-0.1, -0.05) is 147 Å². The van der Waals surface area contributed by atoms with Crippen LogP contribution in [0.1, 0.15) is 73.7 Å². The molecule has 0 aliphatic heterocycles. The SMILES string of the molecule is CCCCc1nc(Cl)c(COCc2c(Cl)nc(CCCC)n2Cc2ccc(-c3ccccc3-c3nn[nH]n3)cc2)n1Cc1ccc(-c2ccccc2-c2nn[nH]n2)cc1. The van der Waals surface area contributed by atoms with Gasteiger partial charge in [0.2, 0.25) is 11.6 Å². The van der Waals surface area contributed by atoms with E-state index in [0.717, 1.165) is 106 Å². The van der Waals surface area contributed by atoms with Crippen molar-refractivity contribution in [3.63, 3.8) is 0 Å². The van der Waals surface area contributed by atoms with E-state index >= 15 is 0 Å². The van der Waals surface area contributed by atoms with Gasteiger partial charge < -0.3 is 13.9 Å². The molecule has 0 amide bonds. The molecule has 0 unspecified atom stereocenters. The minimum absolute atomic E-state index is 0.258. The molecular formula is C44H44Cl2N12O. The van der Waals surface area contributed by atoms with Gasteiger partial charge in [-0.2, -0.15) is 10.4 Å². The number of nitrogens with zero attached hydrogens (tertiary/aromatic N) is 10. The summed E-state index contributed by atoms with van der Waals surface area (Å²) < 4.78 is 10.9. The van der Waals surface area contributed by atoms with E-state index in [4.69, 9.17) is 37.9 Å². The van der Waals surface area contributed by atoms with E-state index < -0.39 is 0 Å². The molecule has 8 rings (SSSR count). The molecule has 0 radical (unpaired) electrons. The number of rotatable bonds is 18. The Morgan fingerprint density at radius 3 is 1.32 bits per heavy atom. The Morgan fingerprint density at radius 2 is 0.949 bits per heavy atom. The van der Waals surface area contributed by atoms with Gasteiger partial charge in [0.05, 0.1) is 24.6 Å². The van der Waals surface area contributed by atoms with Crippen molar-refractivity contribution in [3.05, 3.63) is 142 Å². The molecule has 0 aliphatic carbocycles. The number of imidazole rings is 2. The summed E-state index contributed by atoms with van der Waals surface area (Å²) in [6.07, 6.45) is 5.72. The smallest absolute Gasteiger partial charge is 0.205 e. The summed E-state index contributed by atoms with van der Waals surface area (Å²) in [5, 5.41) is 30.3. The van der Waals surface area contributed by atoms with E-state index in [2.05, 4.69) is 125 Å². The van der Waals surface area contributed by atoms with E-state index in [1.54, 1.807) is 0 Å². The number of H-pyrrole nitrogens is 2. The first-order valence-electron chi connectivity index (χ1n) is 19.9. The quantitative estimate of drug-likeness (QED) is 0.0861. The van der Waals surface area contributed by atoms with Gasteiger partial charge >= 0.3 is 0 Å². The molecule has 2 N–H and O–H groups in total. The van der Waals surface area contributed by atoms with Gasteiger partial charge in [-0.05, 0) is 56.6 Å². The third kappa shape index (κ3) is 9.02. The number of benzene rings is 4. The summed E-state index contributed by atoms with van der Waals surface area (Å²) in [5.74, 6) is 2.99. The Labute approximate surface area is 352 Å². The molecule has 15 heteroatoms. The Morgan fingerprint density at radius 1 is 0.542 bits per heavy atom. The number of aryl methyl sites for hydroxylation is 2. The molecule has 0 fully saturated rings. The first-order valence-corrected chi connectivity index (χ1v) is 20.7. The molecule has 0 saturated heterocycles. The highest BCUT2D eigenvalue weighted by Crippen LogP contribution is 2.32. The minimum Gasteiger partial charge on any atom is -0.369 e. The van der Waals surface area contributed by atoms with Gasteiger partial charge in [0.25, 0.3) is 0 Å². The number of hydrogen-bond donors (Lipinski definition) is 2. The molecule has 4 aromatic heterocycles. The first-order chi connectivity index (χ1) is 29.0. The topological polar surface area (TPSA) is 154 Å². The lowest BCUT2D eigenvalue weighted by Crippen LogP contribution is -2.12. The maximum atomic E-state index is 6.89. The molecule has 4 aromatic carbocycles. The molecule has 0 saturated carbocycles. The zero-order valence-electron chi connectivity index (χ0n) is 32.9. The summed E-state index contributed by atoms with van der Waals surface area (Å²) >= 11 is 13.8. The molecule has 8 aromatic rings. The lowest BCUT2D eigenvalue weighted by molar-refractivity contribution is 0.0976. The third-order valence-corrected chi connectivity index (χ3v) is 11.0. The standard InChI is InChI=1S/C44H44Cl2N12O/c1-3-5-15-39-47-41(45)37(57(39)25-29-17-21-31(22-18-29)33-11-7-9-13-35(33)43-49-53-54-50-43)27-59-28-38-42(46)48-40(16-6-4-2)58(38)26-30-19-23-32(24-20-30)34-12-8-10-14-36(34)44-51-55-56-52-44/h7-14,17-24H,3-6,15-16,25-28H2,1-2H3,(H,49,50,53,54)(H,51,52,55,56). The fourth-order valence-electron chi connectivity index (χ4n) is 7.31. The Kier molecular flexibility index (Phi) is 12.6. The van der Waals surface area contributed by atoms with Crippen LogP contribution >= 0.6 is 23.2 Å². The fraction of sp³-hybridized carbons (Fsp3) is 0.273. The number of unbranched alkanes of at least 4 members (excludes halogenated alkanes) is 2. The van der Waals surface area contributed by atoms with Gasteiger partial charge in [-0.25, -0.2) is 9.97 Å².